The summed E-state index contributed by atoms with van der Waals surface area (Å²) >= 11 is 0. The van der Waals surface area contributed by atoms with Crippen LogP contribution in [0.1, 0.15) is 24.1 Å². The molecule has 0 saturated carbocycles. The zero-order chi connectivity index (χ0) is 13.7. The van der Waals surface area contributed by atoms with Crippen LogP contribution in [0.25, 0.3) is 0 Å². The molecule has 0 spiro atoms. The van der Waals surface area contributed by atoms with E-state index >= 15 is 0 Å². The maximum Gasteiger partial charge on any atom is 0.405 e. The van der Waals surface area contributed by atoms with Gasteiger partial charge in [-0.2, -0.15) is 0 Å². The highest BCUT2D eigenvalue weighted by Gasteiger charge is 2.12. The van der Waals surface area contributed by atoms with Crippen LogP contribution in [0.5, 0.6) is 5.88 Å². The first-order chi connectivity index (χ1) is 8.40. The van der Waals surface area contributed by atoms with Crippen molar-refractivity contribution >= 4 is 6.09 Å². The number of hydrogen-bond donors (Lipinski definition) is 2. The van der Waals surface area contributed by atoms with Crippen molar-refractivity contribution in [2.45, 2.75) is 26.3 Å². The monoisotopic (exact) mass is 260 g/mol. The Kier molecular flexibility index (Phi) is 4.82. The van der Waals surface area contributed by atoms with Crippen LogP contribution in [0.2, 0.25) is 0 Å². The van der Waals surface area contributed by atoms with Crippen LogP contribution in [-0.4, -0.2) is 29.2 Å². The third-order valence-corrected chi connectivity index (χ3v) is 2.24. The highest BCUT2D eigenvalue weighted by Crippen LogP contribution is 2.20. The van der Waals surface area contributed by atoms with Gasteiger partial charge in [-0.25, -0.2) is 18.6 Å². The fourth-order valence-corrected chi connectivity index (χ4v) is 1.38. The van der Waals surface area contributed by atoms with Gasteiger partial charge in [0.05, 0.1) is 6.04 Å². The van der Waals surface area contributed by atoms with Gasteiger partial charge in [0.25, 0.3) is 6.43 Å². The van der Waals surface area contributed by atoms with Gasteiger partial charge in [0.2, 0.25) is 5.88 Å². The Balaban J connectivity index is 2.75. The Labute approximate surface area is 103 Å². The number of aromatic nitrogens is 1. The molecule has 1 unspecified atom stereocenters. The van der Waals surface area contributed by atoms with E-state index in [9.17, 15) is 13.6 Å². The van der Waals surface area contributed by atoms with Crippen molar-refractivity contribution in [3.05, 3.63) is 23.4 Å². The predicted molar refractivity (Wildman–Crippen MR) is 60.0 cm³/mol. The van der Waals surface area contributed by atoms with E-state index in [1.54, 1.807) is 19.9 Å². The molecule has 1 amide bonds. The van der Waals surface area contributed by atoms with Gasteiger partial charge >= 0.3 is 6.09 Å². The summed E-state index contributed by atoms with van der Waals surface area (Å²) < 4.78 is 28.8. The maximum absolute atomic E-state index is 12.0. The largest absolute Gasteiger partial charge is 0.471 e. The van der Waals surface area contributed by atoms with E-state index in [-0.39, 0.29) is 5.88 Å². The molecule has 0 aliphatic heterocycles. The number of amides is 1. The van der Waals surface area contributed by atoms with E-state index in [1.807, 2.05) is 0 Å². The SMILES string of the molecule is Cc1cc(C(C)NC(=O)O)cnc1OCC(F)F. The van der Waals surface area contributed by atoms with Gasteiger partial charge in [0, 0.05) is 11.8 Å². The lowest BCUT2D eigenvalue weighted by Gasteiger charge is -2.14. The van der Waals surface area contributed by atoms with Crippen molar-refractivity contribution in [3.63, 3.8) is 0 Å². The second kappa shape index (κ2) is 6.13. The molecule has 0 aliphatic carbocycles. The Morgan fingerprint density at radius 1 is 1.61 bits per heavy atom. The van der Waals surface area contributed by atoms with E-state index in [2.05, 4.69) is 10.3 Å². The summed E-state index contributed by atoms with van der Waals surface area (Å²) in [5, 5.41) is 10.8. The first-order valence-electron chi connectivity index (χ1n) is 5.27. The number of halogens is 2. The van der Waals surface area contributed by atoms with Gasteiger partial charge in [-0.15, -0.1) is 0 Å². The summed E-state index contributed by atoms with van der Waals surface area (Å²) in [7, 11) is 0. The first kappa shape index (κ1) is 14.1. The van der Waals surface area contributed by atoms with Crippen molar-refractivity contribution in [1.82, 2.24) is 10.3 Å². The molecule has 18 heavy (non-hydrogen) atoms. The molecule has 100 valence electrons. The summed E-state index contributed by atoms with van der Waals surface area (Å²) in [6.45, 7) is 2.60. The molecular formula is C11H14F2N2O3. The molecule has 1 heterocycles. The van der Waals surface area contributed by atoms with E-state index in [0.29, 0.717) is 11.1 Å². The Hall–Kier alpha value is -1.92. The molecule has 0 radical (unpaired) electrons. The molecule has 1 atom stereocenters. The summed E-state index contributed by atoms with van der Waals surface area (Å²) in [6.07, 6.45) is -2.30. The standard InChI is InChI=1S/C11H14F2N2O3/c1-6-3-8(7(2)15-11(16)17)4-14-10(6)18-5-9(12)13/h3-4,7,9,15H,5H2,1-2H3,(H,16,17). The van der Waals surface area contributed by atoms with E-state index in [0.717, 1.165) is 0 Å². The topological polar surface area (TPSA) is 71.5 Å². The fraction of sp³-hybridized carbons (Fsp3) is 0.455. The van der Waals surface area contributed by atoms with Crippen molar-refractivity contribution < 1.29 is 23.4 Å². The number of carbonyl (C=O) groups is 1. The van der Waals surface area contributed by atoms with Crippen LogP contribution >= 0.6 is 0 Å². The van der Waals surface area contributed by atoms with E-state index in [4.69, 9.17) is 9.84 Å². The third-order valence-electron chi connectivity index (χ3n) is 2.24. The molecule has 0 aromatic carbocycles. The summed E-state index contributed by atoms with van der Waals surface area (Å²) in [4.78, 5) is 14.4. The number of alkyl halides is 2. The van der Waals surface area contributed by atoms with Gasteiger partial charge in [-0.1, -0.05) is 0 Å². The Morgan fingerprint density at radius 2 is 2.28 bits per heavy atom. The smallest absolute Gasteiger partial charge is 0.405 e. The highest BCUT2D eigenvalue weighted by atomic mass is 19.3. The molecule has 1 aromatic rings. The average Bonchev–Trinajstić information content (AvgIpc) is 2.26. The second-order valence-corrected chi connectivity index (χ2v) is 3.76. The molecule has 5 nitrogen and oxygen atoms in total. The fourth-order valence-electron chi connectivity index (χ4n) is 1.38. The second-order valence-electron chi connectivity index (χ2n) is 3.76. The minimum atomic E-state index is -2.56. The molecule has 1 rings (SSSR count). The molecule has 0 saturated heterocycles. The molecule has 0 aliphatic rings. The van der Waals surface area contributed by atoms with Crippen molar-refractivity contribution in [1.29, 1.82) is 0 Å². The van der Waals surface area contributed by atoms with E-state index in [1.165, 1.54) is 6.20 Å². The number of nitrogens with zero attached hydrogens (tertiary/aromatic N) is 1. The van der Waals surface area contributed by atoms with E-state index < -0.39 is 25.2 Å². The van der Waals surface area contributed by atoms with Crippen LogP contribution in [-0.2, 0) is 0 Å². The lowest BCUT2D eigenvalue weighted by Crippen LogP contribution is -2.24. The number of hydrogen-bond acceptors (Lipinski definition) is 3. The normalized spacial score (nSPS) is 12.3. The molecule has 7 heteroatoms. The number of carboxylic acid groups (broad SMARTS) is 1. The van der Waals surface area contributed by atoms with Gasteiger partial charge in [-0.3, -0.25) is 0 Å². The predicted octanol–water partition coefficient (Wildman–Crippen LogP) is 2.36. The third kappa shape index (κ3) is 4.15. The zero-order valence-corrected chi connectivity index (χ0v) is 9.98. The molecule has 0 bridgehead atoms. The number of pyridine rings is 1. The minimum Gasteiger partial charge on any atom is -0.471 e. The summed E-state index contributed by atoms with van der Waals surface area (Å²) in [5.41, 5.74) is 1.21. The summed E-state index contributed by atoms with van der Waals surface area (Å²) in [5.74, 6) is 0.126. The van der Waals surface area contributed by atoms with Gasteiger partial charge in [0.1, 0.15) is 0 Å². The average molecular weight is 260 g/mol. The lowest BCUT2D eigenvalue weighted by atomic mass is 10.1. The maximum atomic E-state index is 12.0. The van der Waals surface area contributed by atoms with Crippen LogP contribution in [0, 0.1) is 6.92 Å². The van der Waals surface area contributed by atoms with Gasteiger partial charge in [0.15, 0.2) is 6.61 Å². The quantitative estimate of drug-likeness (QED) is 0.852. The summed E-state index contributed by atoms with van der Waals surface area (Å²) in [6, 6.07) is 1.21. The van der Waals surface area contributed by atoms with Gasteiger partial charge in [-0.05, 0) is 25.5 Å². The van der Waals surface area contributed by atoms with Crippen molar-refractivity contribution in [2.75, 3.05) is 6.61 Å². The number of rotatable bonds is 5. The van der Waals surface area contributed by atoms with Crippen LogP contribution < -0.4 is 10.1 Å². The highest BCUT2D eigenvalue weighted by molar-refractivity contribution is 5.65. The Bertz CT molecular complexity index is 427. The number of ether oxygens (including phenoxy) is 1. The van der Waals surface area contributed by atoms with Crippen molar-refractivity contribution in [2.24, 2.45) is 0 Å². The number of aryl methyl sites for hydroxylation is 1. The number of nitrogens with one attached hydrogen (secondary N) is 1. The van der Waals surface area contributed by atoms with Crippen LogP contribution in [0.15, 0.2) is 12.3 Å². The molecule has 0 fully saturated rings. The zero-order valence-electron chi connectivity index (χ0n) is 9.98. The Morgan fingerprint density at radius 3 is 2.78 bits per heavy atom. The molecule has 1 aromatic heterocycles. The molecular weight excluding hydrogens is 246 g/mol. The van der Waals surface area contributed by atoms with Crippen LogP contribution in [0.4, 0.5) is 13.6 Å². The van der Waals surface area contributed by atoms with Crippen molar-refractivity contribution in [3.8, 4) is 5.88 Å². The van der Waals surface area contributed by atoms with Crippen LogP contribution in [0.3, 0.4) is 0 Å². The minimum absolute atomic E-state index is 0.126. The van der Waals surface area contributed by atoms with Gasteiger partial charge < -0.3 is 15.2 Å². The lowest BCUT2D eigenvalue weighted by molar-refractivity contribution is 0.0792. The molecule has 2 N–H and O–H groups in total. The first-order valence-corrected chi connectivity index (χ1v) is 5.27.